The van der Waals surface area contributed by atoms with Gasteiger partial charge in [0.05, 0.1) is 0 Å². The molecule has 25 heavy (non-hydrogen) atoms. The van der Waals surface area contributed by atoms with Crippen molar-refractivity contribution in [2.75, 3.05) is 0 Å². The Morgan fingerprint density at radius 3 is 2.00 bits per heavy atom. The average Bonchev–Trinajstić information content (AvgIpc) is 2.62. The highest BCUT2D eigenvalue weighted by atomic mass is 14.3. The summed E-state index contributed by atoms with van der Waals surface area (Å²) >= 11 is 0. The van der Waals surface area contributed by atoms with Gasteiger partial charge in [-0.1, -0.05) is 87.5 Å². The van der Waals surface area contributed by atoms with Gasteiger partial charge in [0, 0.05) is 0 Å². The highest BCUT2D eigenvalue weighted by molar-refractivity contribution is 5.75. The van der Waals surface area contributed by atoms with E-state index < -0.39 is 0 Å². The molecular formula is C25H30. The van der Waals surface area contributed by atoms with Crippen molar-refractivity contribution in [1.82, 2.24) is 0 Å². The quantitative estimate of drug-likeness (QED) is 0.550. The Kier molecular flexibility index (Phi) is 5.27. The second-order valence-corrected chi connectivity index (χ2v) is 8.23. The van der Waals surface area contributed by atoms with Gasteiger partial charge in [-0.3, -0.25) is 0 Å². The molecule has 0 saturated heterocycles. The summed E-state index contributed by atoms with van der Waals surface area (Å²) in [5.41, 5.74) is 7.49. The van der Waals surface area contributed by atoms with Crippen molar-refractivity contribution in [1.29, 1.82) is 0 Å². The van der Waals surface area contributed by atoms with Gasteiger partial charge in [0.2, 0.25) is 0 Å². The van der Waals surface area contributed by atoms with E-state index in [2.05, 4.69) is 94.4 Å². The summed E-state index contributed by atoms with van der Waals surface area (Å²) in [6.45, 7) is 9.31. The molecule has 0 bridgehead atoms. The first kappa shape index (κ1) is 17.7. The molecule has 1 atom stereocenters. The molecule has 2 aromatic carbocycles. The fourth-order valence-corrected chi connectivity index (χ4v) is 4.18. The molecule has 0 spiro atoms. The lowest BCUT2D eigenvalue weighted by molar-refractivity contribution is 0.560. The van der Waals surface area contributed by atoms with E-state index in [1.165, 1.54) is 35.1 Å². The maximum atomic E-state index is 2.49. The summed E-state index contributed by atoms with van der Waals surface area (Å²) in [6.07, 6.45) is 6.07. The first-order chi connectivity index (χ1) is 12.0. The summed E-state index contributed by atoms with van der Waals surface area (Å²) < 4.78 is 0. The Morgan fingerprint density at radius 2 is 1.48 bits per heavy atom. The molecule has 0 heterocycles. The van der Waals surface area contributed by atoms with Gasteiger partial charge in [0.1, 0.15) is 0 Å². The smallest absolute Gasteiger partial charge is 0.0123 e. The van der Waals surface area contributed by atoms with Gasteiger partial charge < -0.3 is 0 Å². The molecule has 1 aliphatic rings. The zero-order valence-corrected chi connectivity index (χ0v) is 16.0. The van der Waals surface area contributed by atoms with Crippen LogP contribution >= 0.6 is 0 Å². The van der Waals surface area contributed by atoms with Gasteiger partial charge in [-0.25, -0.2) is 0 Å². The van der Waals surface area contributed by atoms with Gasteiger partial charge in [-0.05, 0) is 65.4 Å². The predicted octanol–water partition coefficient (Wildman–Crippen LogP) is 7.40. The van der Waals surface area contributed by atoms with Gasteiger partial charge in [0.15, 0.2) is 0 Å². The summed E-state index contributed by atoms with van der Waals surface area (Å²) in [7, 11) is 0. The molecule has 0 nitrogen and oxygen atoms in total. The van der Waals surface area contributed by atoms with Crippen molar-refractivity contribution >= 4 is 5.57 Å². The third-order valence-electron chi connectivity index (χ3n) is 5.35. The molecule has 3 rings (SSSR count). The van der Waals surface area contributed by atoms with Crippen LogP contribution < -0.4 is 0 Å². The normalized spacial score (nSPS) is 19.2. The van der Waals surface area contributed by atoms with Crippen molar-refractivity contribution < 1.29 is 0 Å². The van der Waals surface area contributed by atoms with Crippen LogP contribution in [0.2, 0.25) is 0 Å². The largest absolute Gasteiger partial charge is 0.0804 e. The number of rotatable bonds is 3. The molecule has 0 heteroatoms. The van der Waals surface area contributed by atoms with Crippen LogP contribution in [-0.2, 0) is 0 Å². The van der Waals surface area contributed by atoms with Crippen molar-refractivity contribution in [2.45, 2.75) is 52.9 Å². The Hall–Kier alpha value is -2.08. The zero-order valence-electron chi connectivity index (χ0n) is 16.0. The van der Waals surface area contributed by atoms with E-state index in [1.54, 1.807) is 5.57 Å². The van der Waals surface area contributed by atoms with Crippen LogP contribution in [0.15, 0.2) is 77.9 Å². The van der Waals surface area contributed by atoms with Crippen molar-refractivity contribution in [2.24, 2.45) is 5.41 Å². The SMILES string of the molecule is C/C(C1=CCC(c2ccccc2)CC1)=C(/c1ccccc1)C(C)(C)C. The first-order valence-electron chi connectivity index (χ1n) is 9.48. The molecule has 0 N–H and O–H groups in total. The second kappa shape index (κ2) is 7.44. The van der Waals surface area contributed by atoms with Crippen LogP contribution in [0.25, 0.3) is 5.57 Å². The van der Waals surface area contributed by atoms with Crippen molar-refractivity contribution in [3.63, 3.8) is 0 Å². The summed E-state index contributed by atoms with van der Waals surface area (Å²) in [5.74, 6) is 0.674. The molecule has 130 valence electrons. The topological polar surface area (TPSA) is 0 Å². The van der Waals surface area contributed by atoms with E-state index in [4.69, 9.17) is 0 Å². The highest BCUT2D eigenvalue weighted by Crippen LogP contribution is 2.42. The fourth-order valence-electron chi connectivity index (χ4n) is 4.18. The minimum atomic E-state index is 0.141. The number of hydrogen-bond acceptors (Lipinski definition) is 0. The number of allylic oxidation sites excluding steroid dienone is 4. The van der Waals surface area contributed by atoms with Crippen molar-refractivity contribution in [3.05, 3.63) is 89.0 Å². The average molecular weight is 331 g/mol. The lowest BCUT2D eigenvalue weighted by Gasteiger charge is -2.30. The lowest BCUT2D eigenvalue weighted by Crippen LogP contribution is -2.13. The summed E-state index contributed by atoms with van der Waals surface area (Å²) in [4.78, 5) is 0. The number of benzene rings is 2. The van der Waals surface area contributed by atoms with Crippen LogP contribution in [0.5, 0.6) is 0 Å². The van der Waals surface area contributed by atoms with E-state index in [-0.39, 0.29) is 5.41 Å². The van der Waals surface area contributed by atoms with E-state index in [9.17, 15) is 0 Å². The Bertz CT molecular complexity index is 755. The molecule has 0 fully saturated rings. The van der Waals surface area contributed by atoms with Gasteiger partial charge >= 0.3 is 0 Å². The lowest BCUT2D eigenvalue weighted by atomic mass is 9.75. The van der Waals surface area contributed by atoms with Gasteiger partial charge in [0.25, 0.3) is 0 Å². The molecule has 1 aliphatic carbocycles. The Labute approximate surface area is 153 Å². The summed E-state index contributed by atoms with van der Waals surface area (Å²) in [5, 5.41) is 0. The van der Waals surface area contributed by atoms with E-state index in [0.717, 1.165) is 6.42 Å². The predicted molar refractivity (Wildman–Crippen MR) is 110 cm³/mol. The van der Waals surface area contributed by atoms with Crippen LogP contribution in [0, 0.1) is 5.41 Å². The monoisotopic (exact) mass is 330 g/mol. The Morgan fingerprint density at radius 1 is 0.880 bits per heavy atom. The maximum absolute atomic E-state index is 2.49. The minimum absolute atomic E-state index is 0.141. The van der Waals surface area contributed by atoms with E-state index in [1.807, 2.05) is 0 Å². The number of hydrogen-bond donors (Lipinski definition) is 0. The van der Waals surface area contributed by atoms with Crippen molar-refractivity contribution in [3.8, 4) is 0 Å². The van der Waals surface area contributed by atoms with Crippen LogP contribution in [0.3, 0.4) is 0 Å². The zero-order chi connectivity index (χ0) is 17.9. The van der Waals surface area contributed by atoms with E-state index in [0.29, 0.717) is 5.92 Å². The van der Waals surface area contributed by atoms with Gasteiger partial charge in [-0.15, -0.1) is 0 Å². The first-order valence-corrected chi connectivity index (χ1v) is 9.48. The van der Waals surface area contributed by atoms with Gasteiger partial charge in [-0.2, -0.15) is 0 Å². The molecule has 0 aromatic heterocycles. The molecule has 0 saturated carbocycles. The van der Waals surface area contributed by atoms with E-state index >= 15 is 0 Å². The molecule has 0 aliphatic heterocycles. The third-order valence-corrected chi connectivity index (χ3v) is 5.35. The molecule has 0 radical (unpaired) electrons. The van der Waals surface area contributed by atoms with Crippen LogP contribution in [0.1, 0.15) is 64.0 Å². The minimum Gasteiger partial charge on any atom is -0.0804 e. The van der Waals surface area contributed by atoms with Crippen LogP contribution in [0.4, 0.5) is 0 Å². The highest BCUT2D eigenvalue weighted by Gasteiger charge is 2.24. The molecular weight excluding hydrogens is 300 g/mol. The second-order valence-electron chi connectivity index (χ2n) is 8.23. The standard InChI is InChI=1S/C25H30/c1-19(24(25(2,3)4)23-13-9-6-10-14-23)20-15-17-22(18-16-20)21-11-7-5-8-12-21/h5-15,22H,16-18H2,1-4H3/b24-19+. The third kappa shape index (κ3) is 4.12. The van der Waals surface area contributed by atoms with Crippen LogP contribution in [-0.4, -0.2) is 0 Å². The molecule has 2 aromatic rings. The fraction of sp³-hybridized carbons (Fsp3) is 0.360. The molecule has 1 unspecified atom stereocenters. The maximum Gasteiger partial charge on any atom is -0.0123 e. The summed E-state index contributed by atoms with van der Waals surface area (Å²) in [6, 6.07) is 21.9. The molecule has 0 amide bonds. The Balaban J connectivity index is 1.91.